The number of hydrogen-bond acceptors (Lipinski definition) is 4. The van der Waals surface area contributed by atoms with Crippen molar-refractivity contribution in [2.75, 3.05) is 0 Å². The molecule has 0 bridgehead atoms. The maximum absolute atomic E-state index is 6.13. The number of aryl methyl sites for hydroxylation is 2. The van der Waals surface area contributed by atoms with Gasteiger partial charge in [0.2, 0.25) is 5.89 Å². The van der Waals surface area contributed by atoms with Crippen molar-refractivity contribution in [2.24, 2.45) is 7.05 Å². The molecule has 0 aliphatic carbocycles. The van der Waals surface area contributed by atoms with Gasteiger partial charge in [-0.2, -0.15) is 0 Å². The van der Waals surface area contributed by atoms with Crippen LogP contribution in [0.25, 0.3) is 34.2 Å². The molecule has 0 fully saturated rings. The minimum atomic E-state index is 0.573. The first-order chi connectivity index (χ1) is 15.2. The van der Waals surface area contributed by atoms with Crippen molar-refractivity contribution in [1.82, 2.24) is 14.5 Å². The van der Waals surface area contributed by atoms with Crippen molar-refractivity contribution in [2.45, 2.75) is 6.92 Å². The van der Waals surface area contributed by atoms with Crippen LogP contribution in [0.1, 0.15) is 5.69 Å². The van der Waals surface area contributed by atoms with Gasteiger partial charge in [0, 0.05) is 36.1 Å². The van der Waals surface area contributed by atoms with E-state index >= 15 is 0 Å². The highest BCUT2D eigenvalue weighted by molar-refractivity contribution is 5.65. The summed E-state index contributed by atoms with van der Waals surface area (Å²) in [7, 11) is 1.97. The van der Waals surface area contributed by atoms with Gasteiger partial charge >= 0.3 is 0 Å². The summed E-state index contributed by atoms with van der Waals surface area (Å²) in [6.07, 6.45) is 3.71. The topological polar surface area (TPSA) is 53.1 Å². The average molecular weight is 407 g/mol. The van der Waals surface area contributed by atoms with Crippen LogP contribution in [0.3, 0.4) is 0 Å². The molecule has 0 aliphatic rings. The number of nitrogens with zero attached hydrogens (tertiary/aromatic N) is 3. The summed E-state index contributed by atoms with van der Waals surface area (Å²) < 4.78 is 14.2. The number of oxazole rings is 1. The van der Waals surface area contributed by atoms with Crippen molar-refractivity contribution in [3.63, 3.8) is 0 Å². The third kappa shape index (κ3) is 3.85. The van der Waals surface area contributed by atoms with Gasteiger partial charge in [-0.15, -0.1) is 0 Å². The lowest BCUT2D eigenvalue weighted by molar-refractivity contribution is 0.482. The molecular formula is C26H21N3O2. The summed E-state index contributed by atoms with van der Waals surface area (Å²) in [6, 6.07) is 25.7. The Morgan fingerprint density at radius 3 is 2.19 bits per heavy atom. The Kier molecular flexibility index (Phi) is 4.84. The van der Waals surface area contributed by atoms with Gasteiger partial charge in [0.1, 0.15) is 17.3 Å². The third-order valence-electron chi connectivity index (χ3n) is 5.06. The van der Waals surface area contributed by atoms with E-state index < -0.39 is 0 Å². The van der Waals surface area contributed by atoms with E-state index in [9.17, 15) is 0 Å². The molecule has 0 spiro atoms. The van der Waals surface area contributed by atoms with E-state index in [1.165, 1.54) is 0 Å². The second kappa shape index (κ2) is 7.95. The van der Waals surface area contributed by atoms with E-state index in [4.69, 9.17) is 9.15 Å². The lowest BCUT2D eigenvalue weighted by Crippen LogP contribution is -1.92. The molecule has 2 heterocycles. The van der Waals surface area contributed by atoms with Gasteiger partial charge in [-0.05, 0) is 37.3 Å². The van der Waals surface area contributed by atoms with Gasteiger partial charge in [0.25, 0.3) is 0 Å². The summed E-state index contributed by atoms with van der Waals surface area (Å²) in [6.45, 7) is 1.96. The van der Waals surface area contributed by atoms with Crippen LogP contribution in [0.2, 0.25) is 0 Å². The zero-order chi connectivity index (χ0) is 21.2. The van der Waals surface area contributed by atoms with Crippen molar-refractivity contribution >= 4 is 0 Å². The minimum Gasteiger partial charge on any atom is -0.457 e. The molecule has 5 nitrogen and oxygen atoms in total. The minimum absolute atomic E-state index is 0.573. The second-order valence-corrected chi connectivity index (χ2v) is 7.32. The average Bonchev–Trinajstić information content (AvgIpc) is 3.40. The number of ether oxygens (including phenoxy) is 1. The highest BCUT2D eigenvalue weighted by atomic mass is 16.5. The van der Waals surface area contributed by atoms with E-state index in [1.807, 2.05) is 104 Å². The zero-order valence-corrected chi connectivity index (χ0v) is 17.3. The SMILES string of the molecule is Cc1nc(-c2cccc(Oc3cccc(-c4nccn4C)c3)c2)oc1-c1ccccc1. The molecule has 0 atom stereocenters. The lowest BCUT2D eigenvalue weighted by Gasteiger charge is -2.08. The van der Waals surface area contributed by atoms with Gasteiger partial charge < -0.3 is 13.7 Å². The fourth-order valence-corrected chi connectivity index (χ4v) is 3.55. The van der Waals surface area contributed by atoms with Gasteiger partial charge in [-0.3, -0.25) is 0 Å². The smallest absolute Gasteiger partial charge is 0.227 e. The predicted octanol–water partition coefficient (Wildman–Crippen LogP) is 6.51. The highest BCUT2D eigenvalue weighted by Crippen LogP contribution is 2.32. The van der Waals surface area contributed by atoms with Crippen LogP contribution in [0, 0.1) is 6.92 Å². The first-order valence-corrected chi connectivity index (χ1v) is 10.1. The van der Waals surface area contributed by atoms with E-state index in [1.54, 1.807) is 6.20 Å². The zero-order valence-electron chi connectivity index (χ0n) is 17.3. The number of hydrogen-bond donors (Lipinski definition) is 0. The van der Waals surface area contributed by atoms with Crippen LogP contribution in [0.4, 0.5) is 0 Å². The largest absolute Gasteiger partial charge is 0.457 e. The Hall–Kier alpha value is -4.12. The number of rotatable bonds is 5. The molecule has 5 rings (SSSR count). The molecule has 31 heavy (non-hydrogen) atoms. The van der Waals surface area contributed by atoms with Gasteiger partial charge in [-0.25, -0.2) is 9.97 Å². The van der Waals surface area contributed by atoms with E-state index in [0.29, 0.717) is 11.6 Å². The van der Waals surface area contributed by atoms with Crippen molar-refractivity contribution in [1.29, 1.82) is 0 Å². The molecule has 3 aromatic carbocycles. The summed E-state index contributed by atoms with van der Waals surface area (Å²) in [5.41, 5.74) is 3.73. The standard InChI is InChI=1S/C26H21N3O2/c1-18-24(19-8-4-3-5-9-19)31-26(28-18)21-11-7-13-23(17-21)30-22-12-6-10-20(16-22)25-27-14-15-29(25)2/h3-17H,1-2H3. The predicted molar refractivity (Wildman–Crippen MR) is 121 cm³/mol. The van der Waals surface area contributed by atoms with E-state index in [0.717, 1.165) is 39.7 Å². The normalized spacial score (nSPS) is 10.9. The van der Waals surface area contributed by atoms with Crippen LogP contribution in [-0.2, 0) is 7.05 Å². The van der Waals surface area contributed by atoms with E-state index in [2.05, 4.69) is 9.97 Å². The van der Waals surface area contributed by atoms with Crippen LogP contribution < -0.4 is 4.74 Å². The molecule has 0 saturated heterocycles. The van der Waals surface area contributed by atoms with Crippen molar-refractivity contribution in [3.8, 4) is 45.7 Å². The maximum atomic E-state index is 6.13. The maximum Gasteiger partial charge on any atom is 0.227 e. The third-order valence-corrected chi connectivity index (χ3v) is 5.06. The monoisotopic (exact) mass is 407 g/mol. The Bertz CT molecular complexity index is 1340. The Labute approximate surface area is 180 Å². The molecule has 0 unspecified atom stereocenters. The summed E-state index contributed by atoms with van der Waals surface area (Å²) in [5, 5.41) is 0. The molecule has 0 N–H and O–H groups in total. The Morgan fingerprint density at radius 1 is 0.806 bits per heavy atom. The fourth-order valence-electron chi connectivity index (χ4n) is 3.55. The number of imidazole rings is 1. The molecular weight excluding hydrogens is 386 g/mol. The van der Waals surface area contributed by atoms with Crippen molar-refractivity contribution < 1.29 is 9.15 Å². The first-order valence-electron chi connectivity index (χ1n) is 10.1. The van der Waals surface area contributed by atoms with Crippen LogP contribution in [-0.4, -0.2) is 14.5 Å². The quantitative estimate of drug-likeness (QED) is 0.333. The Morgan fingerprint density at radius 2 is 1.48 bits per heavy atom. The van der Waals surface area contributed by atoms with Gasteiger partial charge in [0.15, 0.2) is 5.76 Å². The molecule has 0 aliphatic heterocycles. The summed E-state index contributed by atoms with van der Waals surface area (Å²) in [4.78, 5) is 9.04. The Balaban J connectivity index is 1.43. The molecule has 5 aromatic rings. The molecule has 0 radical (unpaired) electrons. The molecule has 152 valence electrons. The van der Waals surface area contributed by atoms with Crippen LogP contribution in [0.5, 0.6) is 11.5 Å². The summed E-state index contributed by atoms with van der Waals surface area (Å²) >= 11 is 0. The number of aromatic nitrogens is 3. The highest BCUT2D eigenvalue weighted by Gasteiger charge is 2.14. The van der Waals surface area contributed by atoms with Crippen molar-refractivity contribution in [3.05, 3.63) is 97.0 Å². The molecule has 0 saturated carbocycles. The second-order valence-electron chi connectivity index (χ2n) is 7.32. The van der Waals surface area contributed by atoms with Crippen LogP contribution in [0.15, 0.2) is 95.7 Å². The number of benzene rings is 3. The molecule has 5 heteroatoms. The summed E-state index contributed by atoms with van der Waals surface area (Å²) in [5.74, 6) is 3.70. The molecule has 0 amide bonds. The first kappa shape index (κ1) is 18.9. The lowest BCUT2D eigenvalue weighted by atomic mass is 10.1. The molecule has 2 aromatic heterocycles. The van der Waals surface area contributed by atoms with Crippen LogP contribution >= 0.6 is 0 Å². The van der Waals surface area contributed by atoms with Gasteiger partial charge in [-0.1, -0.05) is 48.5 Å². The van der Waals surface area contributed by atoms with E-state index in [-0.39, 0.29) is 0 Å². The van der Waals surface area contributed by atoms with Gasteiger partial charge in [0.05, 0.1) is 5.69 Å². The fraction of sp³-hybridized carbons (Fsp3) is 0.0769.